The molecule has 0 radical (unpaired) electrons. The highest BCUT2D eigenvalue weighted by molar-refractivity contribution is 7.98. The molecule has 0 fully saturated rings. The lowest BCUT2D eigenvalue weighted by Gasteiger charge is -2.08. The molecule has 0 saturated heterocycles. The van der Waals surface area contributed by atoms with Crippen molar-refractivity contribution in [3.05, 3.63) is 75.1 Å². The molecular formula is C21H20N4O2S. The number of nitrogens with zero attached hydrogens (tertiary/aromatic N) is 4. The van der Waals surface area contributed by atoms with Crippen LogP contribution in [0.25, 0.3) is 16.7 Å². The molecule has 28 heavy (non-hydrogen) atoms. The third-order valence-corrected chi connectivity index (χ3v) is 5.80. The molecule has 6 nitrogen and oxygen atoms in total. The van der Waals surface area contributed by atoms with Gasteiger partial charge in [0.1, 0.15) is 5.58 Å². The summed E-state index contributed by atoms with van der Waals surface area (Å²) in [6.45, 7) is 6.21. The molecule has 0 unspecified atom stereocenters. The number of benzene rings is 2. The maximum absolute atomic E-state index is 12.0. The quantitative estimate of drug-likeness (QED) is 0.374. The number of hydrogen-bond donors (Lipinski definition) is 0. The van der Waals surface area contributed by atoms with Gasteiger partial charge >= 0.3 is 5.63 Å². The van der Waals surface area contributed by atoms with Crippen molar-refractivity contribution in [2.24, 2.45) is 0 Å². The van der Waals surface area contributed by atoms with E-state index in [-0.39, 0.29) is 5.63 Å². The highest BCUT2D eigenvalue weighted by Gasteiger charge is 2.12. The van der Waals surface area contributed by atoms with Gasteiger partial charge in [-0.1, -0.05) is 36.9 Å². The van der Waals surface area contributed by atoms with Gasteiger partial charge in [0, 0.05) is 17.2 Å². The molecule has 0 aliphatic carbocycles. The Morgan fingerprint density at radius 3 is 2.71 bits per heavy atom. The van der Waals surface area contributed by atoms with Crippen LogP contribution in [-0.4, -0.2) is 20.2 Å². The second kappa shape index (κ2) is 7.59. The topological polar surface area (TPSA) is 73.8 Å². The first-order valence-corrected chi connectivity index (χ1v) is 10.1. The van der Waals surface area contributed by atoms with E-state index in [0.717, 1.165) is 28.6 Å². The van der Waals surface area contributed by atoms with E-state index in [1.807, 2.05) is 18.2 Å². The average molecular weight is 392 g/mol. The Hall–Kier alpha value is -2.93. The minimum Gasteiger partial charge on any atom is -0.423 e. The second-order valence-electron chi connectivity index (χ2n) is 6.71. The fourth-order valence-corrected chi connectivity index (χ4v) is 3.93. The molecule has 0 aliphatic rings. The average Bonchev–Trinajstić information content (AvgIpc) is 3.16. The summed E-state index contributed by atoms with van der Waals surface area (Å²) >= 11 is 1.49. The maximum Gasteiger partial charge on any atom is 0.336 e. The predicted octanol–water partition coefficient (Wildman–Crippen LogP) is 4.24. The van der Waals surface area contributed by atoms with Crippen LogP contribution in [0.3, 0.4) is 0 Å². The van der Waals surface area contributed by atoms with Gasteiger partial charge in [-0.05, 0) is 71.1 Å². The van der Waals surface area contributed by atoms with Gasteiger partial charge in [0.2, 0.25) is 5.16 Å². The van der Waals surface area contributed by atoms with Gasteiger partial charge in [0.15, 0.2) is 0 Å². The maximum atomic E-state index is 12.0. The Kier molecular flexibility index (Phi) is 5.00. The van der Waals surface area contributed by atoms with Gasteiger partial charge in [-0.15, -0.1) is 5.10 Å². The van der Waals surface area contributed by atoms with Crippen LogP contribution in [0.5, 0.6) is 0 Å². The molecule has 4 aromatic rings. The van der Waals surface area contributed by atoms with Crippen LogP contribution in [0, 0.1) is 13.8 Å². The number of rotatable bonds is 5. The Morgan fingerprint density at radius 1 is 1.07 bits per heavy atom. The van der Waals surface area contributed by atoms with Crippen molar-refractivity contribution in [1.29, 1.82) is 0 Å². The molecule has 0 atom stereocenters. The van der Waals surface area contributed by atoms with Crippen molar-refractivity contribution in [2.75, 3.05) is 0 Å². The molecule has 0 saturated carbocycles. The monoisotopic (exact) mass is 392 g/mol. The van der Waals surface area contributed by atoms with Gasteiger partial charge in [0.05, 0.1) is 5.69 Å². The van der Waals surface area contributed by atoms with Gasteiger partial charge in [-0.25, -0.2) is 4.79 Å². The number of hydrogen-bond acceptors (Lipinski definition) is 6. The lowest BCUT2D eigenvalue weighted by molar-refractivity contribution is 0.559. The molecule has 0 amide bonds. The van der Waals surface area contributed by atoms with Crippen LogP contribution in [-0.2, 0) is 12.2 Å². The Labute approximate surface area is 166 Å². The summed E-state index contributed by atoms with van der Waals surface area (Å²) in [5.41, 5.74) is 5.65. The van der Waals surface area contributed by atoms with Crippen molar-refractivity contribution in [3.63, 3.8) is 0 Å². The Balaban J connectivity index is 1.65. The third kappa shape index (κ3) is 3.57. The Bertz CT molecular complexity index is 1210. The first-order chi connectivity index (χ1) is 13.5. The second-order valence-corrected chi connectivity index (χ2v) is 7.65. The fraction of sp³-hybridized carbons (Fsp3) is 0.238. The molecule has 0 spiro atoms. The molecule has 0 N–H and O–H groups in total. The number of thioether (sulfide) groups is 1. The molecule has 4 rings (SSSR count). The number of aromatic nitrogens is 4. The molecule has 2 aromatic carbocycles. The first-order valence-electron chi connectivity index (χ1n) is 9.09. The summed E-state index contributed by atoms with van der Waals surface area (Å²) in [5.74, 6) is 0.568. The summed E-state index contributed by atoms with van der Waals surface area (Å²) in [7, 11) is 0. The Morgan fingerprint density at radius 2 is 1.93 bits per heavy atom. The highest BCUT2D eigenvalue weighted by atomic mass is 32.2. The zero-order valence-corrected chi connectivity index (χ0v) is 16.8. The van der Waals surface area contributed by atoms with Gasteiger partial charge < -0.3 is 4.42 Å². The largest absolute Gasteiger partial charge is 0.423 e. The van der Waals surface area contributed by atoms with E-state index in [4.69, 9.17) is 4.42 Å². The normalized spacial score (nSPS) is 11.2. The van der Waals surface area contributed by atoms with Crippen molar-refractivity contribution in [2.45, 2.75) is 38.1 Å². The summed E-state index contributed by atoms with van der Waals surface area (Å²) < 4.78 is 7.11. The van der Waals surface area contributed by atoms with E-state index >= 15 is 0 Å². The first kappa shape index (κ1) is 18.4. The summed E-state index contributed by atoms with van der Waals surface area (Å²) in [6.07, 6.45) is 0.892. The lowest BCUT2D eigenvalue weighted by atomic mass is 10.1. The van der Waals surface area contributed by atoms with Crippen LogP contribution in [0.2, 0.25) is 0 Å². The van der Waals surface area contributed by atoms with Gasteiger partial charge in [-0.3, -0.25) is 0 Å². The fourth-order valence-electron chi connectivity index (χ4n) is 3.04. The van der Waals surface area contributed by atoms with Crippen LogP contribution in [0.4, 0.5) is 0 Å². The van der Waals surface area contributed by atoms with E-state index in [1.165, 1.54) is 22.9 Å². The molecule has 0 aliphatic heterocycles. The summed E-state index contributed by atoms with van der Waals surface area (Å²) in [5, 5.41) is 13.7. The molecule has 142 valence electrons. The molecule has 0 bridgehead atoms. The SMILES string of the molecule is CCc1ccc2c(CSc3nnnn3-c3ccc(C)c(C)c3)cc(=O)oc2c1. The zero-order chi connectivity index (χ0) is 19.7. The van der Waals surface area contributed by atoms with Crippen molar-refractivity contribution in [1.82, 2.24) is 20.2 Å². The van der Waals surface area contributed by atoms with Crippen LogP contribution >= 0.6 is 11.8 Å². The highest BCUT2D eigenvalue weighted by Crippen LogP contribution is 2.27. The predicted molar refractivity (Wildman–Crippen MR) is 110 cm³/mol. The van der Waals surface area contributed by atoms with E-state index in [0.29, 0.717) is 16.5 Å². The molecule has 7 heteroatoms. The van der Waals surface area contributed by atoms with E-state index in [1.54, 1.807) is 10.7 Å². The molecule has 2 heterocycles. The lowest BCUT2D eigenvalue weighted by Crippen LogP contribution is -2.02. The minimum atomic E-state index is -0.342. The number of fused-ring (bicyclic) bond motifs is 1. The van der Waals surface area contributed by atoms with Crippen molar-refractivity contribution >= 4 is 22.7 Å². The zero-order valence-electron chi connectivity index (χ0n) is 16.0. The van der Waals surface area contributed by atoms with Gasteiger partial charge in [0.25, 0.3) is 0 Å². The number of tetrazole rings is 1. The van der Waals surface area contributed by atoms with Crippen LogP contribution in [0.15, 0.2) is 56.8 Å². The molecule has 2 aromatic heterocycles. The van der Waals surface area contributed by atoms with Crippen molar-refractivity contribution in [3.8, 4) is 5.69 Å². The summed E-state index contributed by atoms with van der Waals surface area (Å²) in [4.78, 5) is 12.0. The standard InChI is InChI=1S/C21H20N4O2S/c1-4-15-6-8-18-16(11-20(26)27-19(18)10-15)12-28-21-22-23-24-25(21)17-7-5-13(2)14(3)9-17/h5-11H,4,12H2,1-3H3. The van der Waals surface area contributed by atoms with E-state index < -0.39 is 0 Å². The summed E-state index contributed by atoms with van der Waals surface area (Å²) in [6, 6.07) is 13.7. The van der Waals surface area contributed by atoms with Crippen LogP contribution in [0.1, 0.15) is 29.2 Å². The molecular weight excluding hydrogens is 372 g/mol. The minimum absolute atomic E-state index is 0.342. The number of aryl methyl sites for hydroxylation is 3. The van der Waals surface area contributed by atoms with E-state index in [2.05, 4.69) is 54.5 Å². The van der Waals surface area contributed by atoms with Gasteiger partial charge in [-0.2, -0.15) is 4.68 Å². The van der Waals surface area contributed by atoms with Crippen molar-refractivity contribution < 1.29 is 4.42 Å². The third-order valence-electron chi connectivity index (χ3n) is 4.84. The van der Waals surface area contributed by atoms with E-state index in [9.17, 15) is 4.79 Å². The van der Waals surface area contributed by atoms with Crippen LogP contribution < -0.4 is 5.63 Å². The smallest absolute Gasteiger partial charge is 0.336 e.